The summed E-state index contributed by atoms with van der Waals surface area (Å²) in [5, 5.41) is 23.2. The number of unbranched alkanes of at least 4 members (excludes halogenated alkanes) is 60. The van der Waals surface area contributed by atoms with Gasteiger partial charge < -0.3 is 20.3 Å². The van der Waals surface area contributed by atoms with Gasteiger partial charge >= 0.3 is 5.97 Å². The average molecular weight is 1180 g/mol. The van der Waals surface area contributed by atoms with Gasteiger partial charge in [-0.2, -0.15) is 0 Å². The fraction of sp³-hybridized carbons (Fsp3) is 0.923. The van der Waals surface area contributed by atoms with Crippen molar-refractivity contribution < 1.29 is 24.5 Å². The van der Waals surface area contributed by atoms with Gasteiger partial charge in [-0.3, -0.25) is 9.59 Å². The minimum Gasteiger partial charge on any atom is -0.466 e. The van der Waals surface area contributed by atoms with E-state index in [1.54, 1.807) is 6.08 Å². The minimum atomic E-state index is -0.843. The Morgan fingerprint density at radius 2 is 0.560 bits per heavy atom. The number of hydrogen-bond donors (Lipinski definition) is 3. The summed E-state index contributed by atoms with van der Waals surface area (Å²) >= 11 is 0. The first-order valence-electron chi connectivity index (χ1n) is 38.6. The van der Waals surface area contributed by atoms with E-state index in [0.29, 0.717) is 19.4 Å². The van der Waals surface area contributed by atoms with Crippen LogP contribution in [0.3, 0.4) is 0 Å². The zero-order valence-electron chi connectivity index (χ0n) is 57.2. The maximum atomic E-state index is 12.5. The van der Waals surface area contributed by atoms with E-state index in [0.717, 1.165) is 38.5 Å². The van der Waals surface area contributed by atoms with Gasteiger partial charge in [-0.15, -0.1) is 0 Å². The Kier molecular flexibility index (Phi) is 72.3. The van der Waals surface area contributed by atoms with Gasteiger partial charge in [0.05, 0.1) is 25.4 Å². The molecule has 2 atom stereocenters. The molecule has 0 aromatic carbocycles. The quantitative estimate of drug-likeness (QED) is 0.0320. The summed E-state index contributed by atoms with van der Waals surface area (Å²) < 4.78 is 5.52. The van der Waals surface area contributed by atoms with Gasteiger partial charge in [0, 0.05) is 12.8 Å². The molecule has 0 aliphatic carbocycles. The van der Waals surface area contributed by atoms with E-state index in [-0.39, 0.29) is 18.5 Å². The zero-order chi connectivity index (χ0) is 60.6. The molecular weight excluding hydrogens is 1030 g/mol. The van der Waals surface area contributed by atoms with E-state index < -0.39 is 12.1 Å². The number of esters is 1. The molecule has 6 heteroatoms. The third-order valence-corrected chi connectivity index (χ3v) is 18.2. The number of carbonyl (C=O) groups is 2. The van der Waals surface area contributed by atoms with Gasteiger partial charge in [0.25, 0.3) is 0 Å². The van der Waals surface area contributed by atoms with Gasteiger partial charge in [-0.1, -0.05) is 391 Å². The second-order valence-corrected chi connectivity index (χ2v) is 26.7. The Bertz CT molecular complexity index is 1320. The summed E-state index contributed by atoms with van der Waals surface area (Å²) in [6.07, 6.45) is 94.3. The fourth-order valence-electron chi connectivity index (χ4n) is 12.3. The van der Waals surface area contributed by atoms with Crippen molar-refractivity contribution in [1.29, 1.82) is 0 Å². The summed E-state index contributed by atoms with van der Waals surface area (Å²) in [7, 11) is 0. The Morgan fingerprint density at radius 1 is 0.321 bits per heavy atom. The lowest BCUT2D eigenvalue weighted by Gasteiger charge is -2.20. The second-order valence-electron chi connectivity index (χ2n) is 26.7. The minimum absolute atomic E-state index is 0.0232. The van der Waals surface area contributed by atoms with E-state index in [2.05, 4.69) is 31.3 Å². The number of hydrogen-bond acceptors (Lipinski definition) is 5. The summed E-state index contributed by atoms with van der Waals surface area (Å²) in [6.45, 7) is 4.96. The van der Waals surface area contributed by atoms with Crippen LogP contribution in [0.4, 0.5) is 0 Å². The largest absolute Gasteiger partial charge is 0.466 e. The number of carbonyl (C=O) groups excluding carboxylic acids is 2. The van der Waals surface area contributed by atoms with Crippen LogP contribution in [0.15, 0.2) is 24.3 Å². The highest BCUT2D eigenvalue weighted by Crippen LogP contribution is 2.19. The van der Waals surface area contributed by atoms with Crippen molar-refractivity contribution in [2.45, 2.75) is 450 Å². The van der Waals surface area contributed by atoms with E-state index in [4.69, 9.17) is 4.74 Å². The maximum absolute atomic E-state index is 12.5. The molecule has 1 amide bonds. The topological polar surface area (TPSA) is 95.9 Å². The van der Waals surface area contributed by atoms with Crippen LogP contribution in [0, 0.1) is 0 Å². The number of amides is 1. The summed E-state index contributed by atoms with van der Waals surface area (Å²) in [4.78, 5) is 24.6. The van der Waals surface area contributed by atoms with Crippen molar-refractivity contribution in [2.24, 2.45) is 0 Å². The van der Waals surface area contributed by atoms with Crippen LogP contribution in [-0.2, 0) is 14.3 Å². The molecule has 0 saturated carbocycles. The van der Waals surface area contributed by atoms with Crippen LogP contribution in [0.2, 0.25) is 0 Å². The van der Waals surface area contributed by atoms with Crippen LogP contribution < -0.4 is 5.32 Å². The van der Waals surface area contributed by atoms with Gasteiger partial charge in [-0.05, 0) is 57.8 Å². The standard InChI is InChI=1S/C78H151NO5/c1-3-5-7-9-11-13-15-17-19-21-35-40-44-48-52-56-60-64-68-72-78(83)84-73-69-65-61-57-53-49-45-41-37-34-32-30-28-26-24-22-23-25-27-29-31-33-36-39-43-47-51-55-59-63-67-71-77(82)79-75(74-80)76(81)70-66-62-58-54-50-46-42-38-20-18-16-14-12-10-8-6-4-2/h24,26,66,70,75-76,80-81H,3-23,25,27-65,67-69,71-74H2,1-2H3,(H,79,82)/b26-24-,70-66+. The highest BCUT2D eigenvalue weighted by molar-refractivity contribution is 5.76. The molecule has 0 fully saturated rings. The molecule has 0 radical (unpaired) electrons. The summed E-state index contributed by atoms with van der Waals surface area (Å²) in [5.41, 5.74) is 0. The molecule has 3 N–H and O–H groups in total. The first-order chi connectivity index (χ1) is 41.5. The van der Waals surface area contributed by atoms with Crippen LogP contribution in [-0.4, -0.2) is 47.4 Å². The normalized spacial score (nSPS) is 12.6. The van der Waals surface area contributed by atoms with E-state index in [1.807, 2.05) is 6.08 Å². The monoisotopic (exact) mass is 1180 g/mol. The molecule has 0 aromatic heterocycles. The second kappa shape index (κ2) is 73.8. The molecular formula is C78H151NO5. The molecule has 0 saturated heterocycles. The van der Waals surface area contributed by atoms with Crippen molar-refractivity contribution in [3.05, 3.63) is 24.3 Å². The molecule has 0 spiro atoms. The number of allylic oxidation sites excluding steroid dienone is 3. The van der Waals surface area contributed by atoms with Gasteiger partial charge in [-0.25, -0.2) is 0 Å². The van der Waals surface area contributed by atoms with Crippen LogP contribution in [0.5, 0.6) is 0 Å². The smallest absolute Gasteiger partial charge is 0.305 e. The maximum Gasteiger partial charge on any atom is 0.305 e. The summed E-state index contributed by atoms with van der Waals surface area (Å²) in [6, 6.07) is -0.626. The SMILES string of the molecule is CCCCCCCCCCCCCCCCC/C=C/C(O)C(CO)NC(=O)CCCCCCCCCCCCCCCCC/C=C\CCCCCCCCCCCCCCOC(=O)CCCCCCCCCCCCCCCCCCCCC. The van der Waals surface area contributed by atoms with Crippen molar-refractivity contribution in [3.63, 3.8) is 0 Å². The molecule has 2 unspecified atom stereocenters. The van der Waals surface area contributed by atoms with Crippen LogP contribution in [0.25, 0.3) is 0 Å². The predicted octanol–water partition coefficient (Wildman–Crippen LogP) is 25.3. The molecule has 0 rings (SSSR count). The lowest BCUT2D eigenvalue weighted by Crippen LogP contribution is -2.45. The van der Waals surface area contributed by atoms with E-state index in [1.165, 1.54) is 372 Å². The summed E-state index contributed by atoms with van der Waals surface area (Å²) in [5.74, 6) is -0.0391. The molecule has 0 heterocycles. The number of aliphatic hydroxyl groups is 2. The zero-order valence-corrected chi connectivity index (χ0v) is 57.2. The van der Waals surface area contributed by atoms with Crippen LogP contribution >= 0.6 is 0 Å². The Hall–Kier alpha value is -1.66. The van der Waals surface area contributed by atoms with Gasteiger partial charge in [0.1, 0.15) is 0 Å². The van der Waals surface area contributed by atoms with E-state index in [9.17, 15) is 19.8 Å². The molecule has 84 heavy (non-hydrogen) atoms. The average Bonchev–Trinajstić information content (AvgIpc) is 3.51. The highest BCUT2D eigenvalue weighted by atomic mass is 16.5. The van der Waals surface area contributed by atoms with Gasteiger partial charge in [0.15, 0.2) is 0 Å². The lowest BCUT2D eigenvalue weighted by molar-refractivity contribution is -0.143. The molecule has 498 valence electrons. The molecule has 0 aliphatic rings. The van der Waals surface area contributed by atoms with Gasteiger partial charge in [0.2, 0.25) is 5.91 Å². The predicted molar refractivity (Wildman–Crippen MR) is 370 cm³/mol. The Balaban J connectivity index is 3.35. The van der Waals surface area contributed by atoms with E-state index >= 15 is 0 Å². The molecule has 0 aliphatic heterocycles. The van der Waals surface area contributed by atoms with Crippen molar-refractivity contribution in [1.82, 2.24) is 5.32 Å². The van der Waals surface area contributed by atoms with Crippen molar-refractivity contribution in [3.8, 4) is 0 Å². The Morgan fingerprint density at radius 3 is 0.845 bits per heavy atom. The lowest BCUT2D eigenvalue weighted by atomic mass is 10.0. The molecule has 6 nitrogen and oxygen atoms in total. The third-order valence-electron chi connectivity index (χ3n) is 18.2. The molecule has 0 aromatic rings. The first kappa shape index (κ1) is 82.3. The molecule has 0 bridgehead atoms. The number of aliphatic hydroxyl groups excluding tert-OH is 2. The number of ether oxygens (including phenoxy) is 1. The van der Waals surface area contributed by atoms with Crippen LogP contribution in [0.1, 0.15) is 438 Å². The van der Waals surface area contributed by atoms with Crippen molar-refractivity contribution >= 4 is 11.9 Å². The number of rotatable bonds is 73. The Labute approximate surface area is 526 Å². The van der Waals surface area contributed by atoms with Crippen molar-refractivity contribution in [2.75, 3.05) is 13.2 Å². The highest BCUT2D eigenvalue weighted by Gasteiger charge is 2.18. The number of nitrogens with one attached hydrogen (secondary N) is 1. The first-order valence-corrected chi connectivity index (χ1v) is 38.6. The fourth-order valence-corrected chi connectivity index (χ4v) is 12.3. The third kappa shape index (κ3) is 69.4.